The lowest BCUT2D eigenvalue weighted by atomic mass is 10.1. The standard InChI is InChI=1S/C7H14OSi/c1-4-6(2)7(3)5-8-9/h4H,3,5H2,1-2,9H3. The Morgan fingerprint density at radius 1 is 1.78 bits per heavy atom. The molecular formula is C7H14OSi. The van der Waals surface area contributed by atoms with Gasteiger partial charge in [0.25, 0.3) is 0 Å². The molecule has 0 aromatic carbocycles. The molecule has 0 bridgehead atoms. The molecule has 0 aliphatic heterocycles. The van der Waals surface area contributed by atoms with Crippen LogP contribution in [0.15, 0.2) is 23.8 Å². The highest BCUT2D eigenvalue weighted by molar-refractivity contribution is 5.98. The first-order valence-electron chi connectivity index (χ1n) is 3.02. The fourth-order valence-corrected chi connectivity index (χ4v) is 0.841. The highest BCUT2D eigenvalue weighted by atomic mass is 28.2. The van der Waals surface area contributed by atoms with E-state index in [2.05, 4.69) is 6.58 Å². The number of allylic oxidation sites excluding steroid dienone is 1. The van der Waals surface area contributed by atoms with E-state index in [0.717, 1.165) is 16.1 Å². The third kappa shape index (κ3) is 3.27. The van der Waals surface area contributed by atoms with E-state index in [1.807, 2.05) is 19.9 Å². The van der Waals surface area contributed by atoms with Gasteiger partial charge in [-0.25, -0.2) is 0 Å². The maximum atomic E-state index is 5.03. The van der Waals surface area contributed by atoms with Crippen LogP contribution in [-0.4, -0.2) is 17.1 Å². The monoisotopic (exact) mass is 142 g/mol. The molecule has 0 saturated carbocycles. The van der Waals surface area contributed by atoms with Gasteiger partial charge in [0.2, 0.25) is 0 Å². The molecule has 0 aliphatic rings. The summed E-state index contributed by atoms with van der Waals surface area (Å²) in [5.74, 6) is 0. The Kier molecular flexibility index (Phi) is 4.36. The van der Waals surface area contributed by atoms with Gasteiger partial charge in [0.1, 0.15) is 10.5 Å². The molecule has 2 heteroatoms. The van der Waals surface area contributed by atoms with Crippen molar-refractivity contribution in [2.24, 2.45) is 0 Å². The lowest BCUT2D eigenvalue weighted by Crippen LogP contribution is -1.94. The Morgan fingerprint density at radius 2 is 2.33 bits per heavy atom. The van der Waals surface area contributed by atoms with Gasteiger partial charge in [-0.2, -0.15) is 0 Å². The smallest absolute Gasteiger partial charge is 0.146 e. The minimum absolute atomic E-state index is 0.697. The van der Waals surface area contributed by atoms with Crippen LogP contribution in [0.1, 0.15) is 13.8 Å². The van der Waals surface area contributed by atoms with E-state index in [1.54, 1.807) is 0 Å². The molecule has 0 saturated heterocycles. The molecule has 0 unspecified atom stereocenters. The van der Waals surface area contributed by atoms with Gasteiger partial charge in [-0.3, -0.25) is 0 Å². The second kappa shape index (κ2) is 4.53. The maximum absolute atomic E-state index is 5.03. The van der Waals surface area contributed by atoms with Crippen LogP contribution in [0.2, 0.25) is 0 Å². The number of rotatable bonds is 3. The molecule has 0 heterocycles. The van der Waals surface area contributed by atoms with E-state index in [0.29, 0.717) is 6.61 Å². The van der Waals surface area contributed by atoms with Gasteiger partial charge in [0.05, 0.1) is 6.61 Å². The molecule has 0 amide bonds. The quantitative estimate of drug-likeness (QED) is 0.418. The van der Waals surface area contributed by atoms with E-state index < -0.39 is 0 Å². The average Bonchev–Trinajstić information content (AvgIpc) is 1.87. The summed E-state index contributed by atoms with van der Waals surface area (Å²) in [6, 6.07) is 0. The first kappa shape index (κ1) is 8.66. The van der Waals surface area contributed by atoms with E-state index in [1.165, 1.54) is 5.57 Å². The predicted octanol–water partition coefficient (Wildman–Crippen LogP) is 0.806. The van der Waals surface area contributed by atoms with E-state index in [-0.39, 0.29) is 0 Å². The summed E-state index contributed by atoms with van der Waals surface area (Å²) in [6.45, 7) is 8.59. The molecule has 0 fully saturated rings. The van der Waals surface area contributed by atoms with Gasteiger partial charge in [-0.05, 0) is 19.4 Å². The average molecular weight is 142 g/mol. The summed E-state index contributed by atoms with van der Waals surface area (Å²) >= 11 is 0. The normalized spacial score (nSPS) is 12.0. The van der Waals surface area contributed by atoms with Crippen molar-refractivity contribution in [3.8, 4) is 0 Å². The lowest BCUT2D eigenvalue weighted by molar-refractivity contribution is 0.391. The van der Waals surface area contributed by atoms with Crippen molar-refractivity contribution in [3.05, 3.63) is 23.8 Å². The molecule has 0 aliphatic carbocycles. The molecule has 1 nitrogen and oxygen atoms in total. The highest BCUT2D eigenvalue weighted by Gasteiger charge is 1.91. The lowest BCUT2D eigenvalue weighted by Gasteiger charge is -2.02. The Hall–Kier alpha value is -0.343. The van der Waals surface area contributed by atoms with Crippen molar-refractivity contribution in [2.45, 2.75) is 13.8 Å². The minimum atomic E-state index is 0.697. The van der Waals surface area contributed by atoms with Crippen LogP contribution in [0.5, 0.6) is 0 Å². The summed E-state index contributed by atoms with van der Waals surface area (Å²) in [5, 5.41) is 0. The van der Waals surface area contributed by atoms with Crippen molar-refractivity contribution in [2.75, 3.05) is 6.61 Å². The molecular weight excluding hydrogens is 128 g/mol. The SMILES string of the molecule is C=C(CO[SiH3])C(C)=CC. The van der Waals surface area contributed by atoms with Gasteiger partial charge < -0.3 is 4.43 Å². The van der Waals surface area contributed by atoms with Gasteiger partial charge in [-0.15, -0.1) is 0 Å². The van der Waals surface area contributed by atoms with Gasteiger partial charge in [0.15, 0.2) is 0 Å². The molecule has 0 atom stereocenters. The summed E-state index contributed by atoms with van der Waals surface area (Å²) in [6.07, 6.45) is 2.04. The number of hydrogen-bond donors (Lipinski definition) is 0. The van der Waals surface area contributed by atoms with Crippen molar-refractivity contribution >= 4 is 10.5 Å². The number of hydrogen-bond acceptors (Lipinski definition) is 1. The first-order chi connectivity index (χ1) is 4.22. The Balaban J connectivity index is 3.74. The molecule has 0 spiro atoms. The van der Waals surface area contributed by atoms with E-state index >= 15 is 0 Å². The van der Waals surface area contributed by atoms with Crippen LogP contribution in [0.4, 0.5) is 0 Å². The van der Waals surface area contributed by atoms with Crippen molar-refractivity contribution in [1.29, 1.82) is 0 Å². The summed E-state index contributed by atoms with van der Waals surface area (Å²) < 4.78 is 5.03. The zero-order chi connectivity index (χ0) is 7.28. The minimum Gasteiger partial charge on any atom is -0.424 e. The van der Waals surface area contributed by atoms with Crippen molar-refractivity contribution in [1.82, 2.24) is 0 Å². The zero-order valence-electron chi connectivity index (χ0n) is 6.40. The summed E-state index contributed by atoms with van der Waals surface area (Å²) in [5.41, 5.74) is 2.32. The van der Waals surface area contributed by atoms with Gasteiger partial charge in [0, 0.05) is 0 Å². The largest absolute Gasteiger partial charge is 0.424 e. The van der Waals surface area contributed by atoms with E-state index in [9.17, 15) is 0 Å². The maximum Gasteiger partial charge on any atom is 0.146 e. The summed E-state index contributed by atoms with van der Waals surface area (Å²) in [4.78, 5) is 0. The molecule has 0 radical (unpaired) electrons. The topological polar surface area (TPSA) is 9.23 Å². The van der Waals surface area contributed by atoms with E-state index in [4.69, 9.17) is 4.43 Å². The summed E-state index contributed by atoms with van der Waals surface area (Å²) in [7, 11) is 0.797. The fraction of sp³-hybridized carbons (Fsp3) is 0.429. The van der Waals surface area contributed by atoms with Crippen molar-refractivity contribution < 1.29 is 4.43 Å². The van der Waals surface area contributed by atoms with Gasteiger partial charge in [-0.1, -0.05) is 18.2 Å². The molecule has 0 aromatic heterocycles. The second-order valence-electron chi connectivity index (χ2n) is 2.01. The van der Waals surface area contributed by atoms with Crippen LogP contribution in [0, 0.1) is 0 Å². The Morgan fingerprint density at radius 3 is 2.67 bits per heavy atom. The fourth-order valence-electron chi connectivity index (χ4n) is 0.492. The third-order valence-electron chi connectivity index (χ3n) is 1.31. The molecule has 0 N–H and O–H groups in total. The molecule has 9 heavy (non-hydrogen) atoms. The molecule has 52 valence electrons. The van der Waals surface area contributed by atoms with Crippen molar-refractivity contribution in [3.63, 3.8) is 0 Å². The third-order valence-corrected chi connectivity index (χ3v) is 1.60. The van der Waals surface area contributed by atoms with Crippen LogP contribution < -0.4 is 0 Å². The second-order valence-corrected chi connectivity index (χ2v) is 2.59. The van der Waals surface area contributed by atoms with Crippen LogP contribution >= 0.6 is 0 Å². The Labute approximate surface area is 60.0 Å². The predicted molar refractivity (Wildman–Crippen MR) is 44.5 cm³/mol. The highest BCUT2D eigenvalue weighted by Crippen LogP contribution is 2.04. The molecule has 0 aromatic rings. The van der Waals surface area contributed by atoms with Crippen LogP contribution in [-0.2, 0) is 4.43 Å². The van der Waals surface area contributed by atoms with Crippen LogP contribution in [0.25, 0.3) is 0 Å². The first-order valence-corrected chi connectivity index (χ1v) is 3.84. The zero-order valence-corrected chi connectivity index (χ0v) is 8.40. The molecule has 0 rings (SSSR count). The van der Waals surface area contributed by atoms with Crippen LogP contribution in [0.3, 0.4) is 0 Å². The Bertz CT molecular complexity index is 127. The van der Waals surface area contributed by atoms with Gasteiger partial charge >= 0.3 is 0 Å².